The molecule has 0 amide bonds. The van der Waals surface area contributed by atoms with Crippen LogP contribution in [0.5, 0.6) is 0 Å². The Balaban J connectivity index is 2.92. The number of thiophene rings is 1. The number of rotatable bonds is 7. The predicted molar refractivity (Wildman–Crippen MR) is 71.8 cm³/mol. The molecule has 0 aliphatic rings. The lowest BCUT2D eigenvalue weighted by molar-refractivity contribution is 0.459. The van der Waals surface area contributed by atoms with Crippen molar-refractivity contribution in [3.63, 3.8) is 0 Å². The van der Waals surface area contributed by atoms with Crippen molar-refractivity contribution in [1.82, 2.24) is 9.62 Å². The van der Waals surface area contributed by atoms with Gasteiger partial charge in [-0.15, -0.1) is 11.3 Å². The van der Waals surface area contributed by atoms with Crippen LogP contribution in [0.3, 0.4) is 0 Å². The van der Waals surface area contributed by atoms with Gasteiger partial charge in [-0.3, -0.25) is 0 Å². The Bertz CT molecular complexity index is 440. The molecule has 0 fully saturated rings. The average Bonchev–Trinajstić information content (AvgIpc) is 2.75. The summed E-state index contributed by atoms with van der Waals surface area (Å²) in [5, 5.41) is 4.82. The van der Waals surface area contributed by atoms with Crippen molar-refractivity contribution in [3.05, 3.63) is 16.3 Å². The molecule has 4 nitrogen and oxygen atoms in total. The Morgan fingerprint density at radius 1 is 1.47 bits per heavy atom. The fourth-order valence-corrected chi connectivity index (χ4v) is 4.15. The lowest BCUT2D eigenvalue weighted by atomic mass is 10.3. The fraction of sp³-hybridized carbons (Fsp3) is 0.636. The number of unbranched alkanes of at least 4 members (excludes halogenated alkanes) is 1. The minimum absolute atomic E-state index is 0.440. The molecule has 0 spiro atoms. The summed E-state index contributed by atoms with van der Waals surface area (Å²) >= 11 is 1.47. The molecule has 0 aromatic carbocycles. The van der Waals surface area contributed by atoms with Crippen molar-refractivity contribution >= 4 is 21.4 Å². The smallest absolute Gasteiger partial charge is 0.243 e. The molecule has 0 aliphatic heterocycles. The van der Waals surface area contributed by atoms with Crippen molar-refractivity contribution in [3.8, 4) is 0 Å². The predicted octanol–water partition coefficient (Wildman–Crippen LogP) is 1.89. The van der Waals surface area contributed by atoms with Crippen LogP contribution in [0.1, 0.15) is 24.6 Å². The van der Waals surface area contributed by atoms with E-state index in [0.29, 0.717) is 18.0 Å². The van der Waals surface area contributed by atoms with Gasteiger partial charge in [-0.2, -0.15) is 0 Å². The van der Waals surface area contributed by atoms with Gasteiger partial charge in [0.1, 0.15) is 0 Å². The minimum atomic E-state index is -3.32. The molecule has 0 unspecified atom stereocenters. The zero-order valence-electron chi connectivity index (χ0n) is 10.6. The number of nitrogens with one attached hydrogen (secondary N) is 1. The minimum Gasteiger partial charge on any atom is -0.315 e. The molecule has 0 saturated carbocycles. The SMILES string of the molecule is CCCCN(C)S(=O)(=O)c1ccsc1CNC. The summed E-state index contributed by atoms with van der Waals surface area (Å²) in [5.74, 6) is 0. The van der Waals surface area contributed by atoms with Crippen LogP contribution in [0.25, 0.3) is 0 Å². The highest BCUT2D eigenvalue weighted by Crippen LogP contribution is 2.24. The van der Waals surface area contributed by atoms with Gasteiger partial charge in [-0.1, -0.05) is 13.3 Å². The molecular weight excluding hydrogens is 256 g/mol. The largest absolute Gasteiger partial charge is 0.315 e. The van der Waals surface area contributed by atoms with Crippen LogP contribution in [0, 0.1) is 0 Å². The van der Waals surface area contributed by atoms with Crippen molar-refractivity contribution in [2.45, 2.75) is 31.2 Å². The molecule has 0 bridgehead atoms. The van der Waals surface area contributed by atoms with Gasteiger partial charge in [0.15, 0.2) is 0 Å². The summed E-state index contributed by atoms with van der Waals surface area (Å²) in [6.45, 7) is 3.22. The molecule has 1 rings (SSSR count). The maximum absolute atomic E-state index is 12.3. The van der Waals surface area contributed by atoms with E-state index in [1.54, 1.807) is 13.1 Å². The Hall–Kier alpha value is -0.430. The van der Waals surface area contributed by atoms with E-state index in [1.165, 1.54) is 15.6 Å². The first-order chi connectivity index (χ1) is 8.04. The second-order valence-corrected chi connectivity index (χ2v) is 6.93. The van der Waals surface area contributed by atoms with Gasteiger partial charge in [0.05, 0.1) is 4.90 Å². The molecule has 1 aromatic heterocycles. The first-order valence-electron chi connectivity index (χ1n) is 5.71. The van der Waals surface area contributed by atoms with E-state index in [-0.39, 0.29) is 0 Å². The third-order valence-corrected chi connectivity index (χ3v) is 5.55. The first-order valence-corrected chi connectivity index (χ1v) is 8.03. The van der Waals surface area contributed by atoms with E-state index in [4.69, 9.17) is 0 Å². The molecule has 1 heterocycles. The standard InChI is InChI=1S/C11H20N2O2S2/c1-4-5-7-13(3)17(14,15)11-6-8-16-10(11)9-12-2/h6,8,12H,4-5,7,9H2,1-3H3. The molecule has 0 saturated heterocycles. The first kappa shape index (κ1) is 14.6. The molecule has 1 aromatic rings. The number of hydrogen-bond donors (Lipinski definition) is 1. The summed E-state index contributed by atoms with van der Waals surface area (Å²) in [7, 11) is 0.144. The lowest BCUT2D eigenvalue weighted by Crippen LogP contribution is -2.28. The Morgan fingerprint density at radius 2 is 2.18 bits per heavy atom. The number of nitrogens with zero attached hydrogens (tertiary/aromatic N) is 1. The molecule has 0 atom stereocenters. The van der Waals surface area contributed by atoms with Gasteiger partial charge < -0.3 is 5.32 Å². The molecule has 98 valence electrons. The maximum atomic E-state index is 12.3. The highest BCUT2D eigenvalue weighted by molar-refractivity contribution is 7.89. The fourth-order valence-electron chi connectivity index (χ4n) is 1.52. The molecule has 6 heteroatoms. The molecule has 0 radical (unpaired) electrons. The van der Waals surface area contributed by atoms with Gasteiger partial charge in [0, 0.05) is 25.0 Å². The van der Waals surface area contributed by atoms with Gasteiger partial charge in [0.2, 0.25) is 10.0 Å². The van der Waals surface area contributed by atoms with E-state index in [9.17, 15) is 8.42 Å². The van der Waals surface area contributed by atoms with E-state index in [2.05, 4.69) is 12.2 Å². The zero-order chi connectivity index (χ0) is 12.9. The van der Waals surface area contributed by atoms with Crippen LogP contribution in [0.2, 0.25) is 0 Å². The second kappa shape index (κ2) is 6.49. The van der Waals surface area contributed by atoms with Crippen molar-refractivity contribution < 1.29 is 8.42 Å². The third kappa shape index (κ3) is 3.51. The highest BCUT2D eigenvalue weighted by atomic mass is 32.2. The Kier molecular flexibility index (Phi) is 5.58. The van der Waals surface area contributed by atoms with Crippen LogP contribution < -0.4 is 5.32 Å². The van der Waals surface area contributed by atoms with Crippen LogP contribution in [0.15, 0.2) is 16.3 Å². The number of sulfonamides is 1. The summed E-state index contributed by atoms with van der Waals surface area (Å²) in [5.41, 5.74) is 0. The van der Waals surface area contributed by atoms with E-state index in [0.717, 1.165) is 17.7 Å². The van der Waals surface area contributed by atoms with Crippen molar-refractivity contribution in [2.24, 2.45) is 0 Å². The van der Waals surface area contributed by atoms with Crippen molar-refractivity contribution in [2.75, 3.05) is 20.6 Å². The van der Waals surface area contributed by atoms with E-state index < -0.39 is 10.0 Å². The Morgan fingerprint density at radius 3 is 2.76 bits per heavy atom. The molecule has 0 aliphatic carbocycles. The Labute approximate surface area is 108 Å². The van der Waals surface area contributed by atoms with Gasteiger partial charge >= 0.3 is 0 Å². The summed E-state index contributed by atoms with van der Waals surface area (Å²) in [4.78, 5) is 1.31. The highest BCUT2D eigenvalue weighted by Gasteiger charge is 2.23. The summed E-state index contributed by atoms with van der Waals surface area (Å²) in [6.07, 6.45) is 1.88. The molecular formula is C11H20N2O2S2. The lowest BCUT2D eigenvalue weighted by Gasteiger charge is -2.17. The van der Waals surface area contributed by atoms with Crippen LogP contribution in [-0.2, 0) is 16.6 Å². The van der Waals surface area contributed by atoms with E-state index in [1.807, 2.05) is 12.4 Å². The topological polar surface area (TPSA) is 49.4 Å². The van der Waals surface area contributed by atoms with E-state index >= 15 is 0 Å². The third-order valence-electron chi connectivity index (χ3n) is 2.56. The normalized spacial score (nSPS) is 12.2. The summed E-state index contributed by atoms with van der Waals surface area (Å²) < 4.78 is 26.0. The van der Waals surface area contributed by atoms with Gasteiger partial charge in [-0.25, -0.2) is 12.7 Å². The van der Waals surface area contributed by atoms with Crippen LogP contribution >= 0.6 is 11.3 Å². The average molecular weight is 276 g/mol. The monoisotopic (exact) mass is 276 g/mol. The maximum Gasteiger partial charge on any atom is 0.243 e. The van der Waals surface area contributed by atoms with Crippen molar-refractivity contribution in [1.29, 1.82) is 0 Å². The zero-order valence-corrected chi connectivity index (χ0v) is 12.2. The van der Waals surface area contributed by atoms with Gasteiger partial charge in [0.25, 0.3) is 0 Å². The molecule has 1 N–H and O–H groups in total. The van der Waals surface area contributed by atoms with Crippen LogP contribution in [-0.4, -0.2) is 33.4 Å². The quantitative estimate of drug-likeness (QED) is 0.827. The van der Waals surface area contributed by atoms with Crippen LogP contribution in [0.4, 0.5) is 0 Å². The number of hydrogen-bond acceptors (Lipinski definition) is 4. The molecule has 17 heavy (non-hydrogen) atoms. The van der Waals surface area contributed by atoms with Gasteiger partial charge in [-0.05, 0) is 24.9 Å². The summed E-state index contributed by atoms with van der Waals surface area (Å²) in [6, 6.07) is 1.69. The second-order valence-electron chi connectivity index (χ2n) is 3.92.